The zero-order valence-electron chi connectivity index (χ0n) is 11.9. The van der Waals surface area contributed by atoms with Crippen LogP contribution in [0.15, 0.2) is 48.5 Å². The lowest BCUT2D eigenvalue weighted by atomic mass is 10.2. The first-order valence-corrected chi connectivity index (χ1v) is 7.47. The Morgan fingerprint density at radius 2 is 1.86 bits per heavy atom. The van der Waals surface area contributed by atoms with Gasteiger partial charge in [-0.05, 0) is 43.3 Å². The van der Waals surface area contributed by atoms with E-state index in [9.17, 15) is 4.79 Å². The van der Waals surface area contributed by atoms with E-state index < -0.39 is 6.04 Å². The summed E-state index contributed by atoms with van der Waals surface area (Å²) in [4.78, 5) is 16.2. The number of hydrogen-bond acceptors (Lipinski definition) is 4. The van der Waals surface area contributed by atoms with Gasteiger partial charge in [0.1, 0.15) is 5.01 Å². The third kappa shape index (κ3) is 3.44. The summed E-state index contributed by atoms with van der Waals surface area (Å²) in [7, 11) is 0. The highest BCUT2D eigenvalue weighted by Gasteiger charge is 2.09. The van der Waals surface area contributed by atoms with Crippen molar-refractivity contribution in [2.45, 2.75) is 13.0 Å². The maximum atomic E-state index is 11.5. The normalized spacial score (nSPS) is 11.7. The van der Waals surface area contributed by atoms with Crippen LogP contribution in [0.3, 0.4) is 0 Å². The molecule has 0 aliphatic rings. The first-order valence-electron chi connectivity index (χ1n) is 6.66. The molecule has 22 heavy (non-hydrogen) atoms. The van der Waals surface area contributed by atoms with Crippen LogP contribution in [0.2, 0.25) is 0 Å². The van der Waals surface area contributed by atoms with E-state index in [0.717, 1.165) is 21.8 Å². The van der Waals surface area contributed by atoms with E-state index in [0.29, 0.717) is 0 Å². The molecule has 114 valence electrons. The van der Waals surface area contributed by atoms with E-state index in [2.05, 4.69) is 16.4 Å². The molecular weight excluding hydrogens is 318 g/mol. The van der Waals surface area contributed by atoms with Crippen molar-refractivity contribution in [2.24, 2.45) is 5.73 Å². The SMILES string of the molecule is CC(N)C(=O)Nc1ccc(-c2nc3ccccc3s2)cc1.Cl. The Balaban J connectivity index is 0.00000176. The zero-order chi connectivity index (χ0) is 14.8. The molecule has 0 bridgehead atoms. The standard InChI is InChI=1S/C16H15N3OS.ClH/c1-10(17)15(20)18-12-8-6-11(7-9-12)16-19-13-4-2-3-5-14(13)21-16;/h2-10H,17H2,1H3,(H,18,20);1H. The second-order valence-corrected chi connectivity index (χ2v) is 5.87. The molecule has 1 heterocycles. The molecule has 4 nitrogen and oxygen atoms in total. The third-order valence-electron chi connectivity index (χ3n) is 3.11. The van der Waals surface area contributed by atoms with Crippen molar-refractivity contribution in [1.82, 2.24) is 4.98 Å². The second-order valence-electron chi connectivity index (χ2n) is 4.84. The molecule has 0 radical (unpaired) electrons. The number of nitrogens with zero attached hydrogens (tertiary/aromatic N) is 1. The summed E-state index contributed by atoms with van der Waals surface area (Å²) in [6.45, 7) is 1.66. The van der Waals surface area contributed by atoms with Gasteiger partial charge >= 0.3 is 0 Å². The molecule has 1 amide bonds. The van der Waals surface area contributed by atoms with Crippen molar-refractivity contribution in [2.75, 3.05) is 5.32 Å². The molecule has 0 aliphatic carbocycles. The molecule has 3 rings (SSSR count). The fraction of sp³-hybridized carbons (Fsp3) is 0.125. The van der Waals surface area contributed by atoms with Gasteiger partial charge in [-0.25, -0.2) is 4.98 Å². The summed E-state index contributed by atoms with van der Waals surface area (Å²) in [5.41, 5.74) is 8.31. The van der Waals surface area contributed by atoms with Crippen molar-refractivity contribution in [3.05, 3.63) is 48.5 Å². The van der Waals surface area contributed by atoms with Gasteiger partial charge in [-0.2, -0.15) is 0 Å². The number of hydrogen-bond donors (Lipinski definition) is 2. The smallest absolute Gasteiger partial charge is 0.240 e. The summed E-state index contributed by atoms with van der Waals surface area (Å²) in [5, 5.41) is 3.74. The monoisotopic (exact) mass is 333 g/mol. The quantitative estimate of drug-likeness (QED) is 0.768. The van der Waals surface area contributed by atoms with Crippen LogP contribution in [0, 0.1) is 0 Å². The number of carbonyl (C=O) groups excluding carboxylic acids is 1. The number of aromatic nitrogens is 1. The molecule has 0 fully saturated rings. The fourth-order valence-electron chi connectivity index (χ4n) is 1.95. The summed E-state index contributed by atoms with van der Waals surface area (Å²) >= 11 is 1.66. The number of nitrogens with two attached hydrogens (primary N) is 1. The summed E-state index contributed by atoms with van der Waals surface area (Å²) in [5.74, 6) is -0.192. The Labute approximate surface area is 138 Å². The van der Waals surface area contributed by atoms with Gasteiger partial charge in [0.2, 0.25) is 5.91 Å². The maximum Gasteiger partial charge on any atom is 0.240 e. The van der Waals surface area contributed by atoms with Gasteiger partial charge in [-0.15, -0.1) is 23.7 Å². The lowest BCUT2D eigenvalue weighted by Crippen LogP contribution is -2.32. The molecular formula is C16H16ClN3OS. The van der Waals surface area contributed by atoms with Crippen molar-refractivity contribution in [1.29, 1.82) is 0 Å². The zero-order valence-corrected chi connectivity index (χ0v) is 13.6. The minimum Gasteiger partial charge on any atom is -0.325 e. The number of amides is 1. The van der Waals surface area contributed by atoms with Gasteiger partial charge in [-0.3, -0.25) is 4.79 Å². The van der Waals surface area contributed by atoms with Crippen LogP contribution >= 0.6 is 23.7 Å². The molecule has 0 saturated heterocycles. The van der Waals surface area contributed by atoms with Crippen LogP contribution in [-0.4, -0.2) is 16.9 Å². The van der Waals surface area contributed by atoms with Crippen LogP contribution < -0.4 is 11.1 Å². The van der Waals surface area contributed by atoms with E-state index in [-0.39, 0.29) is 18.3 Å². The summed E-state index contributed by atoms with van der Waals surface area (Å²) in [6, 6.07) is 15.2. The number of para-hydroxylation sites is 1. The first-order chi connectivity index (χ1) is 10.1. The predicted molar refractivity (Wildman–Crippen MR) is 94.6 cm³/mol. The Morgan fingerprint density at radius 1 is 1.18 bits per heavy atom. The van der Waals surface area contributed by atoms with Crippen LogP contribution in [0.25, 0.3) is 20.8 Å². The Morgan fingerprint density at radius 3 is 2.50 bits per heavy atom. The Bertz CT molecular complexity index is 750. The minimum atomic E-state index is -0.520. The molecule has 1 atom stereocenters. The molecule has 1 aromatic heterocycles. The lowest BCUT2D eigenvalue weighted by molar-refractivity contribution is -0.117. The third-order valence-corrected chi connectivity index (χ3v) is 4.19. The summed E-state index contributed by atoms with van der Waals surface area (Å²) in [6.07, 6.45) is 0. The number of fused-ring (bicyclic) bond motifs is 1. The number of thiazole rings is 1. The summed E-state index contributed by atoms with van der Waals surface area (Å²) < 4.78 is 1.17. The Kier molecular flexibility index (Phi) is 5.13. The average Bonchev–Trinajstić information content (AvgIpc) is 2.91. The van der Waals surface area contributed by atoms with Gasteiger partial charge in [0.15, 0.2) is 0 Å². The van der Waals surface area contributed by atoms with E-state index in [1.807, 2.05) is 42.5 Å². The van der Waals surface area contributed by atoms with Crippen LogP contribution in [0.1, 0.15) is 6.92 Å². The molecule has 3 aromatic rings. The predicted octanol–water partition coefficient (Wildman–Crippen LogP) is 3.67. The molecule has 0 aliphatic heterocycles. The van der Waals surface area contributed by atoms with E-state index in [1.165, 1.54) is 4.70 Å². The number of carbonyl (C=O) groups is 1. The molecule has 0 saturated carbocycles. The van der Waals surface area contributed by atoms with E-state index in [4.69, 9.17) is 5.73 Å². The first kappa shape index (κ1) is 16.4. The van der Waals surface area contributed by atoms with Crippen LogP contribution in [0.4, 0.5) is 5.69 Å². The Hall–Kier alpha value is -1.95. The topological polar surface area (TPSA) is 68.0 Å². The van der Waals surface area contributed by atoms with Gasteiger partial charge < -0.3 is 11.1 Å². The average molecular weight is 334 g/mol. The van der Waals surface area contributed by atoms with Gasteiger partial charge in [0.05, 0.1) is 16.3 Å². The highest BCUT2D eigenvalue weighted by Crippen LogP contribution is 2.30. The second kappa shape index (κ2) is 6.87. The number of anilines is 1. The van der Waals surface area contributed by atoms with Gasteiger partial charge in [0.25, 0.3) is 0 Å². The molecule has 3 N–H and O–H groups in total. The molecule has 1 unspecified atom stereocenters. The number of halogens is 1. The van der Waals surface area contributed by atoms with Gasteiger partial charge in [-0.1, -0.05) is 12.1 Å². The highest BCUT2D eigenvalue weighted by molar-refractivity contribution is 7.21. The van der Waals surface area contributed by atoms with E-state index >= 15 is 0 Å². The number of nitrogens with one attached hydrogen (secondary N) is 1. The molecule has 0 spiro atoms. The number of rotatable bonds is 3. The van der Waals surface area contributed by atoms with Crippen molar-refractivity contribution >= 4 is 45.6 Å². The minimum absolute atomic E-state index is 0. The molecule has 2 aromatic carbocycles. The number of benzene rings is 2. The fourth-order valence-corrected chi connectivity index (χ4v) is 2.92. The van der Waals surface area contributed by atoms with Crippen LogP contribution in [0.5, 0.6) is 0 Å². The van der Waals surface area contributed by atoms with Crippen molar-refractivity contribution in [3.63, 3.8) is 0 Å². The van der Waals surface area contributed by atoms with Crippen molar-refractivity contribution < 1.29 is 4.79 Å². The highest BCUT2D eigenvalue weighted by atomic mass is 35.5. The largest absolute Gasteiger partial charge is 0.325 e. The van der Waals surface area contributed by atoms with Crippen molar-refractivity contribution in [3.8, 4) is 10.6 Å². The van der Waals surface area contributed by atoms with Gasteiger partial charge in [0, 0.05) is 11.3 Å². The van der Waals surface area contributed by atoms with E-state index in [1.54, 1.807) is 18.3 Å². The maximum absolute atomic E-state index is 11.5. The molecule has 6 heteroatoms. The lowest BCUT2D eigenvalue weighted by Gasteiger charge is -2.07. The van der Waals surface area contributed by atoms with Crippen LogP contribution in [-0.2, 0) is 4.79 Å².